The first-order valence-corrected chi connectivity index (χ1v) is 11.6. The van der Waals surface area contributed by atoms with Gasteiger partial charge in [-0.2, -0.15) is 0 Å². The van der Waals surface area contributed by atoms with Crippen molar-refractivity contribution in [3.8, 4) is 11.3 Å². The number of carbonyl (C=O) groups excluding carboxylic acids is 2. The molecule has 3 aliphatic rings. The topological polar surface area (TPSA) is 56.5 Å². The van der Waals surface area contributed by atoms with E-state index in [2.05, 4.69) is 27.7 Å². The third-order valence-corrected chi connectivity index (χ3v) is 6.99. The fraction of sp³-hybridized carbons (Fsp3) is 0.407. The van der Waals surface area contributed by atoms with Gasteiger partial charge in [0.2, 0.25) is 0 Å². The standard InChI is InChI=1S/C27H26ClFO4/c1-26(2)10-17(30)23-21(12-26)33-22-13-27(3,4)11-18(31)24(22)25(23)20-8-7-19(32-20)14-5-6-16(29)15(28)9-14/h5-9,25H,10-13H2,1-4H3. The summed E-state index contributed by atoms with van der Waals surface area (Å²) in [7, 11) is 0. The van der Waals surface area contributed by atoms with E-state index in [1.54, 1.807) is 18.2 Å². The van der Waals surface area contributed by atoms with Crippen molar-refractivity contribution in [1.82, 2.24) is 0 Å². The summed E-state index contributed by atoms with van der Waals surface area (Å²) in [4.78, 5) is 26.6. The number of Topliss-reactive ketones (excluding diaryl/α,β-unsaturated/α-hetero) is 2. The highest BCUT2D eigenvalue weighted by atomic mass is 35.5. The number of allylic oxidation sites excluding steroid dienone is 4. The fourth-order valence-electron chi connectivity index (χ4n) is 5.27. The quantitative estimate of drug-likeness (QED) is 0.470. The minimum Gasteiger partial charge on any atom is -0.465 e. The summed E-state index contributed by atoms with van der Waals surface area (Å²) in [5, 5.41) is 0.000819. The molecule has 1 aromatic carbocycles. The number of furan rings is 1. The van der Waals surface area contributed by atoms with E-state index < -0.39 is 11.7 Å². The molecule has 5 rings (SSSR count). The van der Waals surface area contributed by atoms with Crippen molar-refractivity contribution in [1.29, 1.82) is 0 Å². The summed E-state index contributed by atoms with van der Waals surface area (Å²) < 4.78 is 26.1. The lowest BCUT2D eigenvalue weighted by Crippen LogP contribution is -2.37. The molecule has 2 heterocycles. The Morgan fingerprint density at radius 2 is 1.45 bits per heavy atom. The first-order chi connectivity index (χ1) is 15.4. The van der Waals surface area contributed by atoms with Crippen molar-refractivity contribution in [3.63, 3.8) is 0 Å². The first kappa shape index (κ1) is 22.1. The molecule has 0 radical (unpaired) electrons. The molecule has 6 heteroatoms. The zero-order valence-electron chi connectivity index (χ0n) is 19.2. The van der Waals surface area contributed by atoms with Crippen LogP contribution in [0.3, 0.4) is 0 Å². The predicted molar refractivity (Wildman–Crippen MR) is 123 cm³/mol. The van der Waals surface area contributed by atoms with E-state index in [-0.39, 0.29) is 27.4 Å². The van der Waals surface area contributed by atoms with Gasteiger partial charge in [0.05, 0.1) is 10.9 Å². The van der Waals surface area contributed by atoms with Crippen LogP contribution < -0.4 is 0 Å². The maximum Gasteiger partial charge on any atom is 0.163 e. The fourth-order valence-corrected chi connectivity index (χ4v) is 5.45. The van der Waals surface area contributed by atoms with Crippen LogP contribution in [0.2, 0.25) is 5.02 Å². The molecule has 4 nitrogen and oxygen atoms in total. The third-order valence-electron chi connectivity index (χ3n) is 6.70. The van der Waals surface area contributed by atoms with E-state index in [9.17, 15) is 14.0 Å². The molecule has 0 N–H and O–H groups in total. The molecule has 0 atom stereocenters. The van der Waals surface area contributed by atoms with Gasteiger partial charge in [-0.25, -0.2) is 4.39 Å². The van der Waals surface area contributed by atoms with Crippen LogP contribution in [-0.4, -0.2) is 11.6 Å². The Morgan fingerprint density at radius 3 is 2.00 bits per heavy atom. The number of halogens is 2. The van der Waals surface area contributed by atoms with Crippen LogP contribution >= 0.6 is 11.6 Å². The second kappa shape index (κ2) is 7.42. The second-order valence-corrected chi connectivity index (χ2v) is 11.3. The highest BCUT2D eigenvalue weighted by Crippen LogP contribution is 2.53. The van der Waals surface area contributed by atoms with Crippen molar-refractivity contribution < 1.29 is 23.1 Å². The summed E-state index contributed by atoms with van der Waals surface area (Å²) in [6.45, 7) is 8.21. The van der Waals surface area contributed by atoms with Crippen molar-refractivity contribution in [2.75, 3.05) is 0 Å². The van der Waals surface area contributed by atoms with Gasteiger partial charge in [0.25, 0.3) is 0 Å². The monoisotopic (exact) mass is 468 g/mol. The normalized spacial score (nSPS) is 22.2. The van der Waals surface area contributed by atoms with Crippen LogP contribution in [-0.2, 0) is 14.3 Å². The van der Waals surface area contributed by atoms with Gasteiger partial charge in [0.1, 0.15) is 28.9 Å². The van der Waals surface area contributed by atoms with E-state index >= 15 is 0 Å². The summed E-state index contributed by atoms with van der Waals surface area (Å²) in [5.74, 6) is 1.16. The Hall–Kier alpha value is -2.66. The number of ether oxygens (including phenoxy) is 1. The Bertz CT molecular complexity index is 1210. The van der Waals surface area contributed by atoms with Crippen LogP contribution in [0.15, 0.2) is 57.4 Å². The minimum absolute atomic E-state index is 0.000819. The molecule has 1 aromatic heterocycles. The molecule has 0 amide bonds. The zero-order valence-corrected chi connectivity index (χ0v) is 19.9. The predicted octanol–water partition coefficient (Wildman–Crippen LogP) is 7.14. The Morgan fingerprint density at radius 1 is 0.879 bits per heavy atom. The number of carbonyl (C=O) groups is 2. The summed E-state index contributed by atoms with van der Waals surface area (Å²) >= 11 is 5.96. The summed E-state index contributed by atoms with van der Waals surface area (Å²) in [6, 6.07) is 7.93. The van der Waals surface area contributed by atoms with Gasteiger partial charge < -0.3 is 9.15 Å². The molecule has 0 saturated carbocycles. The Balaban J connectivity index is 1.65. The SMILES string of the molecule is CC1(C)CC(=O)C2=C(C1)OC1=C(C(=O)CC(C)(C)C1)C2c1ccc(-c2ccc(F)c(Cl)c2)o1. The molecule has 2 aromatic rings. The van der Waals surface area contributed by atoms with Crippen molar-refractivity contribution in [2.24, 2.45) is 10.8 Å². The number of hydrogen-bond donors (Lipinski definition) is 0. The van der Waals surface area contributed by atoms with E-state index in [0.717, 1.165) is 0 Å². The van der Waals surface area contributed by atoms with Crippen molar-refractivity contribution in [3.05, 3.63) is 69.6 Å². The van der Waals surface area contributed by atoms with Gasteiger partial charge in [-0.15, -0.1) is 0 Å². The summed E-state index contributed by atoms with van der Waals surface area (Å²) in [5.41, 5.74) is 1.24. The van der Waals surface area contributed by atoms with E-state index in [0.29, 0.717) is 65.4 Å². The van der Waals surface area contributed by atoms with Gasteiger partial charge >= 0.3 is 0 Å². The summed E-state index contributed by atoms with van der Waals surface area (Å²) in [6.07, 6.45) is 2.01. The lowest BCUT2D eigenvalue weighted by atomic mass is 9.66. The van der Waals surface area contributed by atoms with Crippen LogP contribution in [0.1, 0.15) is 65.1 Å². The average Bonchev–Trinajstić information content (AvgIpc) is 3.16. The first-order valence-electron chi connectivity index (χ1n) is 11.2. The Labute approximate surface area is 197 Å². The molecule has 172 valence electrons. The minimum atomic E-state index is -0.597. The van der Waals surface area contributed by atoms with E-state index in [1.807, 2.05) is 0 Å². The van der Waals surface area contributed by atoms with Crippen LogP contribution in [0.5, 0.6) is 0 Å². The van der Waals surface area contributed by atoms with Crippen LogP contribution in [0.4, 0.5) is 4.39 Å². The molecule has 0 bridgehead atoms. The second-order valence-electron chi connectivity index (χ2n) is 10.9. The molecule has 33 heavy (non-hydrogen) atoms. The molecular formula is C27H26ClFO4. The highest BCUT2D eigenvalue weighted by molar-refractivity contribution is 6.31. The van der Waals surface area contributed by atoms with Gasteiger partial charge in [-0.3, -0.25) is 9.59 Å². The number of hydrogen-bond acceptors (Lipinski definition) is 4. The highest BCUT2D eigenvalue weighted by Gasteiger charge is 2.48. The maximum atomic E-state index is 13.6. The number of ketones is 2. The van der Waals surface area contributed by atoms with Gasteiger partial charge in [0.15, 0.2) is 11.6 Å². The molecule has 0 saturated heterocycles. The van der Waals surface area contributed by atoms with Gasteiger partial charge in [-0.1, -0.05) is 39.3 Å². The molecule has 0 spiro atoms. The smallest absolute Gasteiger partial charge is 0.163 e. The lowest BCUT2D eigenvalue weighted by Gasteiger charge is -2.42. The molecule has 1 aliphatic heterocycles. The van der Waals surface area contributed by atoms with Gasteiger partial charge in [0, 0.05) is 42.4 Å². The lowest BCUT2D eigenvalue weighted by molar-refractivity contribution is -0.120. The van der Waals surface area contributed by atoms with E-state index in [1.165, 1.54) is 12.1 Å². The average molecular weight is 469 g/mol. The number of rotatable bonds is 2. The van der Waals surface area contributed by atoms with Crippen molar-refractivity contribution >= 4 is 23.2 Å². The third kappa shape index (κ3) is 3.86. The van der Waals surface area contributed by atoms with E-state index in [4.69, 9.17) is 20.8 Å². The van der Waals surface area contributed by atoms with Crippen LogP contribution in [0, 0.1) is 16.6 Å². The van der Waals surface area contributed by atoms with Crippen LogP contribution in [0.25, 0.3) is 11.3 Å². The number of benzene rings is 1. The Kier molecular flexibility index (Phi) is 4.98. The zero-order chi connectivity index (χ0) is 23.7. The van der Waals surface area contributed by atoms with Crippen molar-refractivity contribution in [2.45, 2.75) is 59.3 Å². The largest absolute Gasteiger partial charge is 0.465 e. The molecule has 0 unspecified atom stereocenters. The maximum absolute atomic E-state index is 13.6. The van der Waals surface area contributed by atoms with Gasteiger partial charge in [-0.05, 0) is 41.2 Å². The molecule has 0 fully saturated rings. The molecular weight excluding hydrogens is 443 g/mol. The molecule has 2 aliphatic carbocycles.